The molecular weight excluding hydrogens is 250 g/mol. The standard InChI is InChI=1S/C16H25N3O/c1-14(2)11-16(12-18-19-17)9-6-10-20-13-15-7-4-3-5-8-15/h3-5,7-8,14,16H,6,9-13H2,1-2H3/t16-/m1/s1. The summed E-state index contributed by atoms with van der Waals surface area (Å²) in [4.78, 5) is 2.86. The number of hydrogen-bond acceptors (Lipinski definition) is 2. The molecule has 1 rings (SSSR count). The summed E-state index contributed by atoms with van der Waals surface area (Å²) >= 11 is 0. The highest BCUT2D eigenvalue weighted by molar-refractivity contribution is 5.13. The lowest BCUT2D eigenvalue weighted by atomic mass is 9.93. The molecule has 1 aromatic carbocycles. The van der Waals surface area contributed by atoms with Crippen LogP contribution in [0.2, 0.25) is 0 Å². The summed E-state index contributed by atoms with van der Waals surface area (Å²) in [5.41, 5.74) is 9.63. The minimum atomic E-state index is 0.478. The van der Waals surface area contributed by atoms with E-state index >= 15 is 0 Å². The van der Waals surface area contributed by atoms with Gasteiger partial charge in [-0.25, -0.2) is 0 Å². The van der Waals surface area contributed by atoms with Gasteiger partial charge in [-0.15, -0.1) is 0 Å². The highest BCUT2D eigenvalue weighted by Crippen LogP contribution is 2.18. The van der Waals surface area contributed by atoms with Crippen LogP contribution in [0.1, 0.15) is 38.7 Å². The van der Waals surface area contributed by atoms with E-state index in [0.29, 0.717) is 25.0 Å². The summed E-state index contributed by atoms with van der Waals surface area (Å²) in [6.07, 6.45) is 3.19. The fourth-order valence-electron chi connectivity index (χ4n) is 2.34. The van der Waals surface area contributed by atoms with Gasteiger partial charge in [0.2, 0.25) is 0 Å². The second kappa shape index (κ2) is 10.3. The molecule has 0 amide bonds. The number of ether oxygens (including phenoxy) is 1. The van der Waals surface area contributed by atoms with E-state index in [9.17, 15) is 0 Å². The van der Waals surface area contributed by atoms with Crippen molar-refractivity contribution in [3.63, 3.8) is 0 Å². The second-order valence-electron chi connectivity index (χ2n) is 5.59. The number of hydrogen-bond donors (Lipinski definition) is 0. The molecule has 0 bridgehead atoms. The minimum absolute atomic E-state index is 0.478. The van der Waals surface area contributed by atoms with Crippen LogP contribution in [0.25, 0.3) is 10.4 Å². The lowest BCUT2D eigenvalue weighted by Gasteiger charge is -2.16. The number of azide groups is 1. The van der Waals surface area contributed by atoms with Crippen LogP contribution in [-0.2, 0) is 11.3 Å². The van der Waals surface area contributed by atoms with Gasteiger partial charge in [-0.05, 0) is 42.2 Å². The van der Waals surface area contributed by atoms with E-state index in [0.717, 1.165) is 25.9 Å². The Kier molecular flexibility index (Phi) is 8.52. The van der Waals surface area contributed by atoms with E-state index in [-0.39, 0.29) is 0 Å². The molecule has 0 N–H and O–H groups in total. The molecule has 0 saturated heterocycles. The van der Waals surface area contributed by atoms with Crippen molar-refractivity contribution < 1.29 is 4.74 Å². The first-order chi connectivity index (χ1) is 9.72. The van der Waals surface area contributed by atoms with Crippen LogP contribution in [0.15, 0.2) is 35.4 Å². The van der Waals surface area contributed by atoms with Crippen LogP contribution in [0, 0.1) is 11.8 Å². The van der Waals surface area contributed by atoms with Crippen LogP contribution in [0.3, 0.4) is 0 Å². The molecule has 0 aliphatic rings. The first-order valence-corrected chi connectivity index (χ1v) is 7.35. The van der Waals surface area contributed by atoms with E-state index in [1.54, 1.807) is 0 Å². The summed E-state index contributed by atoms with van der Waals surface area (Å²) in [5, 5.41) is 3.71. The molecule has 0 radical (unpaired) electrons. The largest absolute Gasteiger partial charge is 0.377 e. The monoisotopic (exact) mass is 275 g/mol. The molecule has 110 valence electrons. The Morgan fingerprint density at radius 2 is 2.00 bits per heavy atom. The van der Waals surface area contributed by atoms with Crippen molar-refractivity contribution in [2.24, 2.45) is 17.0 Å². The topological polar surface area (TPSA) is 58.0 Å². The molecule has 0 heterocycles. The lowest BCUT2D eigenvalue weighted by Crippen LogP contribution is -2.09. The lowest BCUT2D eigenvalue weighted by molar-refractivity contribution is 0.113. The predicted octanol–water partition coefficient (Wildman–Crippen LogP) is 4.96. The third-order valence-electron chi connectivity index (χ3n) is 3.22. The Hall–Kier alpha value is -1.51. The molecule has 1 aromatic rings. The first-order valence-electron chi connectivity index (χ1n) is 7.35. The smallest absolute Gasteiger partial charge is 0.0716 e. The molecule has 0 saturated carbocycles. The third kappa shape index (κ3) is 7.82. The first kappa shape index (κ1) is 16.5. The van der Waals surface area contributed by atoms with Crippen molar-refractivity contribution in [1.29, 1.82) is 0 Å². The fourth-order valence-corrected chi connectivity index (χ4v) is 2.34. The maximum absolute atomic E-state index is 8.42. The van der Waals surface area contributed by atoms with Crippen molar-refractivity contribution in [2.45, 2.75) is 39.7 Å². The van der Waals surface area contributed by atoms with E-state index < -0.39 is 0 Å². The quantitative estimate of drug-likeness (QED) is 0.258. The molecule has 0 spiro atoms. The number of rotatable bonds is 10. The molecule has 0 fully saturated rings. The Morgan fingerprint density at radius 1 is 1.25 bits per heavy atom. The highest BCUT2D eigenvalue weighted by Gasteiger charge is 2.09. The van der Waals surface area contributed by atoms with Gasteiger partial charge in [0.15, 0.2) is 0 Å². The zero-order valence-electron chi connectivity index (χ0n) is 12.5. The van der Waals surface area contributed by atoms with Gasteiger partial charge in [-0.2, -0.15) is 0 Å². The summed E-state index contributed by atoms with van der Waals surface area (Å²) in [7, 11) is 0. The van der Waals surface area contributed by atoms with E-state index in [4.69, 9.17) is 10.3 Å². The van der Waals surface area contributed by atoms with Crippen molar-refractivity contribution in [2.75, 3.05) is 13.2 Å². The zero-order valence-corrected chi connectivity index (χ0v) is 12.5. The molecule has 0 unspecified atom stereocenters. The van der Waals surface area contributed by atoms with Gasteiger partial charge in [-0.1, -0.05) is 49.3 Å². The highest BCUT2D eigenvalue weighted by atomic mass is 16.5. The summed E-state index contributed by atoms with van der Waals surface area (Å²) in [6, 6.07) is 10.2. The number of benzene rings is 1. The minimum Gasteiger partial charge on any atom is -0.377 e. The van der Waals surface area contributed by atoms with Crippen LogP contribution in [0.5, 0.6) is 0 Å². The maximum Gasteiger partial charge on any atom is 0.0716 e. The molecular formula is C16H25N3O. The molecule has 4 heteroatoms. The van der Waals surface area contributed by atoms with E-state index in [1.807, 2.05) is 18.2 Å². The van der Waals surface area contributed by atoms with Crippen molar-refractivity contribution in [3.05, 3.63) is 46.3 Å². The Labute approximate surface area is 121 Å². The van der Waals surface area contributed by atoms with Gasteiger partial charge in [-0.3, -0.25) is 0 Å². The number of nitrogens with zero attached hydrogens (tertiary/aromatic N) is 3. The van der Waals surface area contributed by atoms with Gasteiger partial charge < -0.3 is 4.74 Å². The zero-order chi connectivity index (χ0) is 14.6. The second-order valence-corrected chi connectivity index (χ2v) is 5.59. The normalized spacial score (nSPS) is 12.2. The van der Waals surface area contributed by atoms with Gasteiger partial charge in [0.05, 0.1) is 6.61 Å². The predicted molar refractivity (Wildman–Crippen MR) is 82.3 cm³/mol. The SMILES string of the molecule is CC(C)C[C@@H](CCCOCc1ccccc1)CN=[N+]=[N-]. The van der Waals surface area contributed by atoms with Crippen LogP contribution in [-0.4, -0.2) is 13.2 Å². The van der Waals surface area contributed by atoms with Crippen LogP contribution < -0.4 is 0 Å². The van der Waals surface area contributed by atoms with Gasteiger partial charge in [0.25, 0.3) is 0 Å². The molecule has 0 aliphatic carbocycles. The fraction of sp³-hybridized carbons (Fsp3) is 0.625. The van der Waals surface area contributed by atoms with Crippen molar-refractivity contribution in [1.82, 2.24) is 0 Å². The average Bonchev–Trinajstić information content (AvgIpc) is 2.44. The van der Waals surface area contributed by atoms with Crippen molar-refractivity contribution in [3.8, 4) is 0 Å². The summed E-state index contributed by atoms with van der Waals surface area (Å²) in [6.45, 7) is 6.45. The Bertz CT molecular complexity index is 399. The van der Waals surface area contributed by atoms with E-state index in [2.05, 4.69) is 36.0 Å². The van der Waals surface area contributed by atoms with E-state index in [1.165, 1.54) is 5.56 Å². The van der Waals surface area contributed by atoms with Crippen LogP contribution >= 0.6 is 0 Å². The van der Waals surface area contributed by atoms with Gasteiger partial charge in [0, 0.05) is 18.1 Å². The van der Waals surface area contributed by atoms with Crippen LogP contribution in [0.4, 0.5) is 0 Å². The maximum atomic E-state index is 8.42. The molecule has 0 aliphatic heterocycles. The molecule has 0 aromatic heterocycles. The van der Waals surface area contributed by atoms with Crippen molar-refractivity contribution >= 4 is 0 Å². The third-order valence-corrected chi connectivity index (χ3v) is 3.22. The average molecular weight is 275 g/mol. The molecule has 1 atom stereocenters. The van der Waals surface area contributed by atoms with Gasteiger partial charge in [0.1, 0.15) is 0 Å². The molecule has 20 heavy (non-hydrogen) atoms. The molecule has 4 nitrogen and oxygen atoms in total. The summed E-state index contributed by atoms with van der Waals surface area (Å²) in [5.74, 6) is 1.12. The van der Waals surface area contributed by atoms with Gasteiger partial charge >= 0.3 is 0 Å². The Balaban J connectivity index is 2.17. The Morgan fingerprint density at radius 3 is 2.65 bits per heavy atom. The summed E-state index contributed by atoms with van der Waals surface area (Å²) < 4.78 is 5.68.